The summed E-state index contributed by atoms with van der Waals surface area (Å²) in [5.74, 6) is 0.566. The Morgan fingerprint density at radius 1 is 1.64 bits per heavy atom. The lowest BCUT2D eigenvalue weighted by molar-refractivity contribution is 0.224. The lowest BCUT2D eigenvalue weighted by Crippen LogP contribution is -2.13. The molecular weight excluding hydrogens is 140 g/mol. The van der Waals surface area contributed by atoms with Gasteiger partial charge in [-0.2, -0.15) is 0 Å². The van der Waals surface area contributed by atoms with Gasteiger partial charge in [-0.3, -0.25) is 4.99 Å². The third-order valence-electron chi connectivity index (χ3n) is 1.47. The van der Waals surface area contributed by atoms with Crippen molar-refractivity contribution < 1.29 is 4.74 Å². The standard InChI is InChI=1S/C8H10N2O/c1-3-7-8(10-2)6(9)4-5-11-7/h3,9H,1-2,4-5H2. The fraction of sp³-hybridized carbons (Fsp3) is 0.250. The first kappa shape index (κ1) is 7.72. The van der Waals surface area contributed by atoms with E-state index in [9.17, 15) is 0 Å². The van der Waals surface area contributed by atoms with Gasteiger partial charge < -0.3 is 10.1 Å². The highest BCUT2D eigenvalue weighted by Crippen LogP contribution is 2.17. The quantitative estimate of drug-likeness (QED) is 0.596. The maximum atomic E-state index is 7.46. The molecule has 1 aliphatic heterocycles. The summed E-state index contributed by atoms with van der Waals surface area (Å²) in [5, 5.41) is 7.46. The zero-order chi connectivity index (χ0) is 8.27. The average molecular weight is 150 g/mol. The summed E-state index contributed by atoms with van der Waals surface area (Å²) in [6.45, 7) is 7.45. The molecule has 0 bridgehead atoms. The molecule has 0 atom stereocenters. The molecule has 0 fully saturated rings. The van der Waals surface area contributed by atoms with E-state index in [0.717, 1.165) is 0 Å². The van der Waals surface area contributed by atoms with Gasteiger partial charge in [0.1, 0.15) is 11.5 Å². The fourth-order valence-corrected chi connectivity index (χ4v) is 0.927. The first-order valence-electron chi connectivity index (χ1n) is 3.33. The van der Waals surface area contributed by atoms with E-state index in [2.05, 4.69) is 18.3 Å². The number of aliphatic imine (C=N–C) groups is 1. The summed E-state index contributed by atoms with van der Waals surface area (Å²) in [7, 11) is 0. The zero-order valence-corrected chi connectivity index (χ0v) is 6.26. The number of hydrogen-bond donors (Lipinski definition) is 1. The smallest absolute Gasteiger partial charge is 0.146 e. The van der Waals surface area contributed by atoms with Crippen molar-refractivity contribution in [3.05, 3.63) is 24.1 Å². The minimum Gasteiger partial charge on any atom is -0.491 e. The van der Waals surface area contributed by atoms with Gasteiger partial charge in [-0.1, -0.05) is 6.58 Å². The number of ether oxygens (including phenoxy) is 1. The van der Waals surface area contributed by atoms with Crippen LogP contribution in [-0.2, 0) is 4.74 Å². The molecule has 3 nitrogen and oxygen atoms in total. The molecule has 1 rings (SSSR count). The summed E-state index contributed by atoms with van der Waals surface area (Å²) < 4.78 is 5.19. The van der Waals surface area contributed by atoms with Crippen LogP contribution in [0.3, 0.4) is 0 Å². The molecule has 0 unspecified atom stereocenters. The molecule has 0 radical (unpaired) electrons. The third-order valence-corrected chi connectivity index (χ3v) is 1.47. The Labute approximate surface area is 65.6 Å². The first-order valence-corrected chi connectivity index (χ1v) is 3.33. The fourth-order valence-electron chi connectivity index (χ4n) is 0.927. The van der Waals surface area contributed by atoms with Gasteiger partial charge in [-0.25, -0.2) is 0 Å². The van der Waals surface area contributed by atoms with Crippen LogP contribution in [-0.4, -0.2) is 19.0 Å². The molecule has 0 aromatic rings. The number of nitrogens with one attached hydrogen (secondary N) is 1. The largest absolute Gasteiger partial charge is 0.491 e. The molecular formula is C8H10N2O. The van der Waals surface area contributed by atoms with Crippen molar-refractivity contribution in [1.29, 1.82) is 5.41 Å². The van der Waals surface area contributed by atoms with Crippen molar-refractivity contribution in [2.24, 2.45) is 4.99 Å². The van der Waals surface area contributed by atoms with Crippen molar-refractivity contribution >= 4 is 12.4 Å². The number of hydrogen-bond acceptors (Lipinski definition) is 3. The summed E-state index contributed by atoms with van der Waals surface area (Å²) >= 11 is 0. The highest BCUT2D eigenvalue weighted by molar-refractivity contribution is 5.99. The molecule has 1 aliphatic rings. The molecule has 0 aromatic carbocycles. The van der Waals surface area contributed by atoms with Gasteiger partial charge in [0.25, 0.3) is 0 Å². The maximum Gasteiger partial charge on any atom is 0.146 e. The highest BCUT2D eigenvalue weighted by atomic mass is 16.5. The minimum atomic E-state index is 0.473. The van der Waals surface area contributed by atoms with Crippen molar-refractivity contribution in [3.8, 4) is 0 Å². The summed E-state index contributed by atoms with van der Waals surface area (Å²) in [6, 6.07) is 0. The Bertz CT molecular complexity index is 240. The van der Waals surface area contributed by atoms with Gasteiger partial charge in [0, 0.05) is 6.42 Å². The molecule has 0 aliphatic carbocycles. The van der Waals surface area contributed by atoms with Crippen LogP contribution in [0, 0.1) is 5.41 Å². The Kier molecular flexibility index (Phi) is 2.21. The highest BCUT2D eigenvalue weighted by Gasteiger charge is 2.14. The van der Waals surface area contributed by atoms with E-state index in [-0.39, 0.29) is 0 Å². The Morgan fingerprint density at radius 2 is 2.36 bits per heavy atom. The number of nitrogens with zero attached hydrogens (tertiary/aromatic N) is 1. The second-order valence-corrected chi connectivity index (χ2v) is 2.15. The van der Waals surface area contributed by atoms with Crippen LogP contribution in [0.5, 0.6) is 0 Å². The maximum absolute atomic E-state index is 7.46. The summed E-state index contributed by atoms with van der Waals surface area (Å²) in [4.78, 5) is 3.69. The monoisotopic (exact) mass is 150 g/mol. The predicted molar refractivity (Wildman–Crippen MR) is 45.1 cm³/mol. The molecule has 1 N–H and O–H groups in total. The molecule has 11 heavy (non-hydrogen) atoms. The van der Waals surface area contributed by atoms with E-state index in [1.807, 2.05) is 0 Å². The van der Waals surface area contributed by atoms with E-state index in [4.69, 9.17) is 10.1 Å². The van der Waals surface area contributed by atoms with Crippen LogP contribution in [0.15, 0.2) is 29.1 Å². The summed E-state index contributed by atoms with van der Waals surface area (Å²) in [6.07, 6.45) is 2.16. The molecule has 1 heterocycles. The van der Waals surface area contributed by atoms with E-state index >= 15 is 0 Å². The second kappa shape index (κ2) is 3.14. The Hall–Kier alpha value is -1.38. The van der Waals surface area contributed by atoms with Crippen LogP contribution < -0.4 is 0 Å². The van der Waals surface area contributed by atoms with Gasteiger partial charge >= 0.3 is 0 Å². The van der Waals surface area contributed by atoms with Crippen molar-refractivity contribution in [2.45, 2.75) is 6.42 Å². The van der Waals surface area contributed by atoms with Gasteiger partial charge in [0.2, 0.25) is 0 Å². The first-order chi connectivity index (χ1) is 5.29. The molecule has 0 saturated heterocycles. The van der Waals surface area contributed by atoms with Crippen LogP contribution >= 0.6 is 0 Å². The van der Waals surface area contributed by atoms with Crippen molar-refractivity contribution in [2.75, 3.05) is 6.61 Å². The third kappa shape index (κ3) is 1.37. The average Bonchev–Trinajstić information content (AvgIpc) is 2.04. The van der Waals surface area contributed by atoms with Crippen LogP contribution in [0.25, 0.3) is 0 Å². The van der Waals surface area contributed by atoms with Crippen LogP contribution in [0.2, 0.25) is 0 Å². The van der Waals surface area contributed by atoms with Gasteiger partial charge in [-0.15, -0.1) is 0 Å². The molecule has 58 valence electrons. The normalized spacial score (nSPS) is 17.6. The zero-order valence-electron chi connectivity index (χ0n) is 6.26. The lowest BCUT2D eigenvalue weighted by atomic mass is 10.1. The summed E-state index contributed by atoms with van der Waals surface area (Å²) in [5.41, 5.74) is 0.993. The Balaban J connectivity index is 3.04. The minimum absolute atomic E-state index is 0.473. The second-order valence-electron chi connectivity index (χ2n) is 2.15. The molecule has 0 aromatic heterocycles. The van der Waals surface area contributed by atoms with E-state index < -0.39 is 0 Å². The van der Waals surface area contributed by atoms with Crippen molar-refractivity contribution in [1.82, 2.24) is 0 Å². The topological polar surface area (TPSA) is 45.4 Å². The SMILES string of the molecule is C=CC1=C(N=C)C(=N)CCO1. The molecule has 3 heteroatoms. The van der Waals surface area contributed by atoms with Gasteiger partial charge in [0.15, 0.2) is 0 Å². The van der Waals surface area contributed by atoms with Crippen molar-refractivity contribution in [3.63, 3.8) is 0 Å². The van der Waals surface area contributed by atoms with Crippen LogP contribution in [0.1, 0.15) is 6.42 Å². The van der Waals surface area contributed by atoms with Gasteiger partial charge in [0.05, 0.1) is 12.3 Å². The number of allylic oxidation sites excluding steroid dienone is 2. The lowest BCUT2D eigenvalue weighted by Gasteiger charge is -2.16. The predicted octanol–water partition coefficient (Wildman–Crippen LogP) is 1.52. The van der Waals surface area contributed by atoms with E-state index in [1.165, 1.54) is 0 Å². The van der Waals surface area contributed by atoms with E-state index in [0.29, 0.717) is 30.2 Å². The van der Waals surface area contributed by atoms with Crippen LogP contribution in [0.4, 0.5) is 0 Å². The molecule has 0 saturated carbocycles. The molecule has 0 amide bonds. The van der Waals surface area contributed by atoms with E-state index in [1.54, 1.807) is 6.08 Å². The molecule has 0 spiro atoms. The Morgan fingerprint density at radius 3 is 2.82 bits per heavy atom. The van der Waals surface area contributed by atoms with Gasteiger partial charge in [-0.05, 0) is 12.8 Å². The number of rotatable bonds is 2.